The van der Waals surface area contributed by atoms with Crippen LogP contribution in [0.25, 0.3) is 10.8 Å². The maximum absolute atomic E-state index is 12.2. The lowest BCUT2D eigenvalue weighted by molar-refractivity contribution is -0.118. The van der Waals surface area contributed by atoms with Gasteiger partial charge in [-0.3, -0.25) is 4.79 Å². The van der Waals surface area contributed by atoms with E-state index in [1.807, 2.05) is 42.5 Å². The summed E-state index contributed by atoms with van der Waals surface area (Å²) in [4.78, 5) is 12.2. The molecule has 23 heavy (non-hydrogen) atoms. The van der Waals surface area contributed by atoms with Gasteiger partial charge in [-0.25, -0.2) is 0 Å². The van der Waals surface area contributed by atoms with Gasteiger partial charge in [0.25, 0.3) is 0 Å². The average molecular weight is 309 g/mol. The molecule has 0 saturated heterocycles. The van der Waals surface area contributed by atoms with Crippen molar-refractivity contribution in [2.45, 2.75) is 38.1 Å². The monoisotopic (exact) mass is 309 g/mol. The second kappa shape index (κ2) is 7.32. The third-order valence-corrected chi connectivity index (χ3v) is 4.41. The summed E-state index contributed by atoms with van der Waals surface area (Å²) in [6.45, 7) is 4.09. The van der Waals surface area contributed by atoms with Crippen molar-refractivity contribution < 1.29 is 9.53 Å². The van der Waals surface area contributed by atoms with Crippen LogP contribution in [0.1, 0.15) is 32.1 Å². The van der Waals surface area contributed by atoms with Crippen molar-refractivity contribution >= 4 is 16.7 Å². The molecule has 0 unspecified atom stereocenters. The number of fused-ring (bicyclic) bond motifs is 1. The van der Waals surface area contributed by atoms with E-state index in [-0.39, 0.29) is 12.5 Å². The van der Waals surface area contributed by atoms with Gasteiger partial charge in [0.1, 0.15) is 12.4 Å². The second-order valence-corrected chi connectivity index (χ2v) is 6.18. The zero-order chi connectivity index (χ0) is 16.1. The molecular formula is C20H23NO2. The lowest BCUT2D eigenvalue weighted by Gasteiger charge is -2.23. The topological polar surface area (TPSA) is 38.3 Å². The number of carbonyl (C=O) groups excluding carboxylic acids is 1. The number of amides is 1. The quantitative estimate of drug-likeness (QED) is 0.840. The van der Waals surface area contributed by atoms with E-state index in [1.165, 1.54) is 19.3 Å². The summed E-state index contributed by atoms with van der Waals surface area (Å²) < 4.78 is 5.83. The number of hydrogen-bond acceptors (Lipinski definition) is 2. The van der Waals surface area contributed by atoms with Crippen molar-refractivity contribution in [2.24, 2.45) is 0 Å². The van der Waals surface area contributed by atoms with Gasteiger partial charge >= 0.3 is 0 Å². The third kappa shape index (κ3) is 3.92. The average Bonchev–Trinajstić information content (AvgIpc) is 2.60. The summed E-state index contributed by atoms with van der Waals surface area (Å²) in [6.07, 6.45) is 5.82. The highest BCUT2D eigenvalue weighted by molar-refractivity contribution is 5.93. The zero-order valence-electron chi connectivity index (χ0n) is 13.4. The van der Waals surface area contributed by atoms with E-state index in [2.05, 4.69) is 11.9 Å². The molecule has 3 heteroatoms. The first-order chi connectivity index (χ1) is 11.2. The van der Waals surface area contributed by atoms with E-state index >= 15 is 0 Å². The van der Waals surface area contributed by atoms with Gasteiger partial charge in [0.05, 0.1) is 0 Å². The molecule has 0 aliphatic heterocycles. The Morgan fingerprint density at radius 2 is 1.83 bits per heavy atom. The molecule has 1 N–H and O–H groups in total. The molecular weight excluding hydrogens is 286 g/mol. The van der Waals surface area contributed by atoms with E-state index in [4.69, 9.17) is 4.74 Å². The molecule has 1 aliphatic carbocycles. The van der Waals surface area contributed by atoms with Crippen molar-refractivity contribution in [3.63, 3.8) is 0 Å². The minimum atomic E-state index is -0.0860. The van der Waals surface area contributed by atoms with E-state index < -0.39 is 0 Å². The van der Waals surface area contributed by atoms with Crippen LogP contribution < -0.4 is 10.1 Å². The van der Waals surface area contributed by atoms with Crippen molar-refractivity contribution in [1.29, 1.82) is 0 Å². The number of benzene rings is 2. The summed E-state index contributed by atoms with van der Waals surface area (Å²) in [5, 5.41) is 5.25. The minimum absolute atomic E-state index is 0.0860. The number of hydrogen-bond donors (Lipinski definition) is 1. The molecule has 0 bridgehead atoms. The Morgan fingerprint density at radius 1 is 1.09 bits per heavy atom. The Labute approximate surface area is 137 Å². The van der Waals surface area contributed by atoms with Crippen LogP contribution in [0.15, 0.2) is 54.6 Å². The van der Waals surface area contributed by atoms with Gasteiger partial charge in [-0.15, -0.1) is 0 Å². The minimum Gasteiger partial charge on any atom is -0.488 e. The lowest BCUT2D eigenvalue weighted by Crippen LogP contribution is -2.37. The van der Waals surface area contributed by atoms with Crippen LogP contribution in [0.4, 0.5) is 0 Å². The Hall–Kier alpha value is -2.29. The van der Waals surface area contributed by atoms with Crippen molar-refractivity contribution in [3.8, 4) is 5.75 Å². The van der Waals surface area contributed by atoms with Crippen LogP contribution in [0, 0.1) is 0 Å². The van der Waals surface area contributed by atoms with Gasteiger partial charge in [0.15, 0.2) is 0 Å². The van der Waals surface area contributed by atoms with Gasteiger partial charge < -0.3 is 10.1 Å². The molecule has 1 amide bonds. The van der Waals surface area contributed by atoms with E-state index in [9.17, 15) is 4.79 Å². The van der Waals surface area contributed by atoms with Crippen LogP contribution in [-0.2, 0) is 4.79 Å². The standard InChI is InChI=1S/C20H23NO2/c1-15(20(22)21-17-10-3-2-4-11-17)14-23-19-13-7-9-16-8-5-6-12-18(16)19/h5-9,12-13,17H,1-4,10-11,14H2,(H,21,22). The van der Waals surface area contributed by atoms with Gasteiger partial charge in [0.2, 0.25) is 5.91 Å². The Morgan fingerprint density at radius 3 is 2.65 bits per heavy atom. The third-order valence-electron chi connectivity index (χ3n) is 4.41. The Kier molecular flexibility index (Phi) is 4.96. The Bertz CT molecular complexity index is 696. The number of carbonyl (C=O) groups is 1. The maximum atomic E-state index is 12.2. The summed E-state index contributed by atoms with van der Waals surface area (Å²) in [5.41, 5.74) is 0.475. The highest BCUT2D eigenvalue weighted by Gasteiger charge is 2.17. The maximum Gasteiger partial charge on any atom is 0.250 e. The number of ether oxygens (including phenoxy) is 1. The second-order valence-electron chi connectivity index (χ2n) is 6.18. The smallest absolute Gasteiger partial charge is 0.250 e. The molecule has 1 aliphatic rings. The summed E-state index contributed by atoms with van der Waals surface area (Å²) >= 11 is 0. The molecule has 1 fully saturated rings. The lowest BCUT2D eigenvalue weighted by atomic mass is 9.95. The molecule has 120 valence electrons. The van der Waals surface area contributed by atoms with E-state index in [0.29, 0.717) is 11.6 Å². The zero-order valence-corrected chi connectivity index (χ0v) is 13.4. The molecule has 0 aromatic heterocycles. The number of nitrogens with one attached hydrogen (secondary N) is 1. The molecule has 1 saturated carbocycles. The molecule has 0 radical (unpaired) electrons. The number of rotatable bonds is 5. The first-order valence-corrected chi connectivity index (χ1v) is 8.33. The molecule has 0 heterocycles. The van der Waals surface area contributed by atoms with Gasteiger partial charge in [-0.1, -0.05) is 62.2 Å². The first kappa shape index (κ1) is 15.6. The fourth-order valence-corrected chi connectivity index (χ4v) is 3.09. The van der Waals surface area contributed by atoms with Crippen molar-refractivity contribution in [1.82, 2.24) is 5.32 Å². The van der Waals surface area contributed by atoms with Crippen LogP contribution in [0.2, 0.25) is 0 Å². The van der Waals surface area contributed by atoms with Crippen LogP contribution in [0.3, 0.4) is 0 Å². The van der Waals surface area contributed by atoms with Crippen LogP contribution >= 0.6 is 0 Å². The van der Waals surface area contributed by atoms with Crippen LogP contribution in [-0.4, -0.2) is 18.6 Å². The molecule has 3 nitrogen and oxygen atoms in total. The molecule has 0 atom stereocenters. The van der Waals surface area contributed by atoms with Crippen LogP contribution in [0.5, 0.6) is 5.75 Å². The molecule has 0 spiro atoms. The van der Waals surface area contributed by atoms with Crippen molar-refractivity contribution in [3.05, 3.63) is 54.6 Å². The fourth-order valence-electron chi connectivity index (χ4n) is 3.09. The normalized spacial score (nSPS) is 15.3. The summed E-state index contributed by atoms with van der Waals surface area (Å²) in [5.74, 6) is 0.701. The summed E-state index contributed by atoms with van der Waals surface area (Å²) in [7, 11) is 0. The fraction of sp³-hybridized carbons (Fsp3) is 0.350. The Balaban J connectivity index is 1.58. The van der Waals surface area contributed by atoms with E-state index in [1.54, 1.807) is 0 Å². The SMILES string of the molecule is C=C(COc1cccc2ccccc12)C(=O)NC1CCCCC1. The van der Waals surface area contributed by atoms with E-state index in [0.717, 1.165) is 29.4 Å². The molecule has 2 aromatic rings. The highest BCUT2D eigenvalue weighted by Crippen LogP contribution is 2.25. The van der Waals surface area contributed by atoms with Crippen molar-refractivity contribution in [2.75, 3.05) is 6.61 Å². The molecule has 3 rings (SSSR count). The largest absolute Gasteiger partial charge is 0.488 e. The van der Waals surface area contributed by atoms with Gasteiger partial charge in [0, 0.05) is 17.0 Å². The van der Waals surface area contributed by atoms with Gasteiger partial charge in [-0.2, -0.15) is 0 Å². The predicted molar refractivity (Wildman–Crippen MR) is 93.6 cm³/mol. The highest BCUT2D eigenvalue weighted by atomic mass is 16.5. The van der Waals surface area contributed by atoms with Gasteiger partial charge in [-0.05, 0) is 24.3 Å². The first-order valence-electron chi connectivity index (χ1n) is 8.33. The summed E-state index contributed by atoms with van der Waals surface area (Å²) in [6, 6.07) is 14.3. The predicted octanol–water partition coefficient (Wildman–Crippen LogP) is 4.22. The molecule has 2 aromatic carbocycles.